The number of hydrogen-bond donors (Lipinski definition) is 2. The molecule has 0 fully saturated rings. The van der Waals surface area contributed by atoms with Gasteiger partial charge >= 0.3 is 0 Å². The van der Waals surface area contributed by atoms with Gasteiger partial charge in [0, 0.05) is 23.6 Å². The van der Waals surface area contributed by atoms with E-state index in [1.54, 1.807) is 0 Å². The number of nitrogens with zero attached hydrogens (tertiary/aromatic N) is 1. The Morgan fingerprint density at radius 1 is 1.42 bits per heavy atom. The molecule has 0 aliphatic rings. The minimum absolute atomic E-state index is 0.271. The van der Waals surface area contributed by atoms with Crippen molar-refractivity contribution < 1.29 is 0 Å². The van der Waals surface area contributed by atoms with Gasteiger partial charge < -0.3 is 11.1 Å². The Labute approximate surface area is 122 Å². The van der Waals surface area contributed by atoms with E-state index in [0.717, 1.165) is 29.2 Å². The molecule has 0 saturated heterocycles. The fraction of sp³-hybridized carbons (Fsp3) is 0.600. The van der Waals surface area contributed by atoms with Crippen LogP contribution in [0.2, 0.25) is 0 Å². The summed E-state index contributed by atoms with van der Waals surface area (Å²) in [6, 6.07) is 2.01. The van der Waals surface area contributed by atoms with Gasteiger partial charge in [0.15, 0.2) is 0 Å². The lowest BCUT2D eigenvalue weighted by atomic mass is 9.82. The second-order valence-corrected chi connectivity index (χ2v) is 6.72. The zero-order valence-corrected chi connectivity index (χ0v) is 13.6. The van der Waals surface area contributed by atoms with Crippen LogP contribution in [0.3, 0.4) is 0 Å². The van der Waals surface area contributed by atoms with Crippen molar-refractivity contribution in [1.29, 1.82) is 0 Å². The van der Waals surface area contributed by atoms with Gasteiger partial charge in [-0.25, -0.2) is 0 Å². The molecule has 1 rings (SSSR count). The molecule has 0 aromatic carbocycles. The number of thiocarbonyl (C=S) groups is 1. The highest BCUT2D eigenvalue weighted by atomic mass is 32.1. The van der Waals surface area contributed by atoms with Gasteiger partial charge in [-0.15, -0.1) is 0 Å². The van der Waals surface area contributed by atoms with Crippen LogP contribution in [0, 0.1) is 25.2 Å². The van der Waals surface area contributed by atoms with E-state index in [4.69, 9.17) is 18.0 Å². The van der Waals surface area contributed by atoms with Gasteiger partial charge in [-0.3, -0.25) is 4.98 Å². The Kier molecular flexibility index (Phi) is 4.91. The summed E-state index contributed by atoms with van der Waals surface area (Å²) < 4.78 is 0. The first-order valence-corrected chi connectivity index (χ1v) is 7.05. The van der Waals surface area contributed by atoms with E-state index in [9.17, 15) is 0 Å². The van der Waals surface area contributed by atoms with Gasteiger partial charge in [0.05, 0.1) is 5.56 Å². The minimum atomic E-state index is 0.271. The first-order chi connectivity index (χ1) is 8.62. The van der Waals surface area contributed by atoms with E-state index in [1.807, 2.05) is 19.9 Å². The monoisotopic (exact) mass is 279 g/mol. The van der Waals surface area contributed by atoms with Gasteiger partial charge in [-0.05, 0) is 31.2 Å². The van der Waals surface area contributed by atoms with Crippen molar-refractivity contribution in [1.82, 2.24) is 4.98 Å². The van der Waals surface area contributed by atoms with Crippen LogP contribution in [0.15, 0.2) is 6.07 Å². The summed E-state index contributed by atoms with van der Waals surface area (Å²) in [5.41, 5.74) is 9.80. The van der Waals surface area contributed by atoms with Gasteiger partial charge in [-0.2, -0.15) is 0 Å². The highest BCUT2D eigenvalue weighted by molar-refractivity contribution is 7.80. The zero-order valence-electron chi connectivity index (χ0n) is 12.8. The normalized spacial score (nSPS) is 13.2. The molecule has 0 aliphatic heterocycles. The van der Waals surface area contributed by atoms with E-state index in [-0.39, 0.29) is 5.41 Å². The number of anilines is 1. The molecule has 19 heavy (non-hydrogen) atoms. The van der Waals surface area contributed by atoms with Crippen LogP contribution in [-0.2, 0) is 0 Å². The second kappa shape index (κ2) is 5.87. The molecule has 1 unspecified atom stereocenters. The molecule has 3 N–H and O–H groups in total. The van der Waals surface area contributed by atoms with Gasteiger partial charge in [0.2, 0.25) is 0 Å². The number of aryl methyl sites for hydroxylation is 2. The minimum Gasteiger partial charge on any atom is -0.389 e. The van der Waals surface area contributed by atoms with Crippen LogP contribution in [0.5, 0.6) is 0 Å². The molecule has 0 spiro atoms. The summed E-state index contributed by atoms with van der Waals surface area (Å²) in [4.78, 5) is 4.82. The van der Waals surface area contributed by atoms with E-state index < -0.39 is 0 Å². The third-order valence-electron chi connectivity index (χ3n) is 3.65. The fourth-order valence-electron chi connectivity index (χ4n) is 1.85. The van der Waals surface area contributed by atoms with Crippen LogP contribution < -0.4 is 11.1 Å². The van der Waals surface area contributed by atoms with E-state index in [0.29, 0.717) is 10.9 Å². The van der Waals surface area contributed by atoms with Crippen LogP contribution in [-0.4, -0.2) is 16.5 Å². The molecule has 4 heteroatoms. The first kappa shape index (κ1) is 15.9. The Balaban J connectivity index is 2.98. The number of aromatic nitrogens is 1. The maximum atomic E-state index is 5.81. The molecule has 1 atom stereocenters. The zero-order chi connectivity index (χ0) is 14.8. The van der Waals surface area contributed by atoms with Crippen LogP contribution in [0.25, 0.3) is 0 Å². The summed E-state index contributed by atoms with van der Waals surface area (Å²) in [6.07, 6.45) is 0. The van der Waals surface area contributed by atoms with Crippen molar-refractivity contribution in [3.05, 3.63) is 23.0 Å². The predicted molar refractivity (Wildman–Crippen MR) is 86.7 cm³/mol. The Morgan fingerprint density at radius 2 is 2.00 bits per heavy atom. The summed E-state index contributed by atoms with van der Waals surface area (Å²) >= 11 is 5.13. The van der Waals surface area contributed by atoms with E-state index in [1.165, 1.54) is 0 Å². The van der Waals surface area contributed by atoms with Crippen molar-refractivity contribution in [3.8, 4) is 0 Å². The molecular weight excluding hydrogens is 254 g/mol. The van der Waals surface area contributed by atoms with Crippen LogP contribution in [0.4, 0.5) is 5.69 Å². The third kappa shape index (κ3) is 4.16. The lowest BCUT2D eigenvalue weighted by Crippen LogP contribution is -2.26. The number of nitrogens with one attached hydrogen (secondary N) is 1. The van der Waals surface area contributed by atoms with Gasteiger partial charge in [0.1, 0.15) is 4.99 Å². The quantitative estimate of drug-likeness (QED) is 0.829. The average molecular weight is 279 g/mol. The summed E-state index contributed by atoms with van der Waals surface area (Å²) in [7, 11) is 0. The van der Waals surface area contributed by atoms with E-state index in [2.05, 4.69) is 38.0 Å². The molecule has 1 aromatic rings. The van der Waals surface area contributed by atoms with Crippen LogP contribution in [0.1, 0.15) is 44.6 Å². The number of rotatable bonds is 4. The molecule has 0 bridgehead atoms. The molecule has 0 radical (unpaired) electrons. The maximum absolute atomic E-state index is 5.81. The topological polar surface area (TPSA) is 50.9 Å². The SMILES string of the molecule is Cc1cc(NCC(C)C(C)(C)C)c(C(N)=S)c(C)n1. The molecule has 1 heterocycles. The summed E-state index contributed by atoms with van der Waals surface area (Å²) in [6.45, 7) is 13.8. The number of hydrogen-bond acceptors (Lipinski definition) is 3. The molecular formula is C15H25N3S. The lowest BCUT2D eigenvalue weighted by molar-refractivity contribution is 0.274. The van der Waals surface area contributed by atoms with E-state index >= 15 is 0 Å². The van der Waals surface area contributed by atoms with Gasteiger partial charge in [0.25, 0.3) is 0 Å². The lowest BCUT2D eigenvalue weighted by Gasteiger charge is -2.28. The molecule has 1 aromatic heterocycles. The molecule has 0 aliphatic carbocycles. The smallest absolute Gasteiger partial charge is 0.107 e. The number of pyridine rings is 1. The van der Waals surface area contributed by atoms with Crippen molar-refractivity contribution in [2.75, 3.05) is 11.9 Å². The second-order valence-electron chi connectivity index (χ2n) is 6.28. The summed E-state index contributed by atoms with van der Waals surface area (Å²) in [5, 5.41) is 3.48. The van der Waals surface area contributed by atoms with Crippen molar-refractivity contribution in [2.24, 2.45) is 17.1 Å². The predicted octanol–water partition coefficient (Wildman–Crippen LogP) is 3.43. The van der Waals surface area contributed by atoms with Crippen molar-refractivity contribution >= 4 is 22.9 Å². The van der Waals surface area contributed by atoms with Crippen LogP contribution >= 0.6 is 12.2 Å². The third-order valence-corrected chi connectivity index (χ3v) is 3.86. The highest BCUT2D eigenvalue weighted by Gasteiger charge is 2.20. The molecule has 0 saturated carbocycles. The van der Waals surface area contributed by atoms with Crippen molar-refractivity contribution in [2.45, 2.75) is 41.5 Å². The Hall–Kier alpha value is -1.16. The maximum Gasteiger partial charge on any atom is 0.107 e. The molecule has 106 valence electrons. The summed E-state index contributed by atoms with van der Waals surface area (Å²) in [5.74, 6) is 0.542. The standard InChI is InChI=1S/C15H25N3S/c1-9(15(4,5)6)8-17-12-7-10(2)18-11(3)13(12)14(16)19/h7,9H,8H2,1-6H3,(H2,16,19)(H,17,18). The van der Waals surface area contributed by atoms with Gasteiger partial charge in [-0.1, -0.05) is 39.9 Å². The largest absolute Gasteiger partial charge is 0.389 e. The van der Waals surface area contributed by atoms with Crippen molar-refractivity contribution in [3.63, 3.8) is 0 Å². The molecule has 0 amide bonds. The highest BCUT2D eigenvalue weighted by Crippen LogP contribution is 2.27. The molecule has 3 nitrogen and oxygen atoms in total. The number of nitrogens with two attached hydrogens (primary N) is 1. The first-order valence-electron chi connectivity index (χ1n) is 6.65. The Morgan fingerprint density at radius 3 is 2.47 bits per heavy atom. The fourth-order valence-corrected chi connectivity index (χ4v) is 2.11. The average Bonchev–Trinajstić information content (AvgIpc) is 2.22. The Bertz CT molecular complexity index is 475.